The summed E-state index contributed by atoms with van der Waals surface area (Å²) in [7, 11) is 0. The third-order valence-corrected chi connectivity index (χ3v) is 5.08. The second-order valence-electron chi connectivity index (χ2n) is 7.66. The molecule has 0 radical (unpaired) electrons. The van der Waals surface area contributed by atoms with Gasteiger partial charge in [-0.25, -0.2) is 14.5 Å². The molecule has 2 aromatic heterocycles. The fraction of sp³-hybridized carbons (Fsp3) is 0.304. The van der Waals surface area contributed by atoms with Gasteiger partial charge in [0.05, 0.1) is 10.7 Å². The van der Waals surface area contributed by atoms with Crippen molar-refractivity contribution in [1.29, 1.82) is 0 Å². The van der Waals surface area contributed by atoms with Crippen LogP contribution in [0.1, 0.15) is 52.8 Å². The Kier molecular flexibility index (Phi) is 6.75. The Morgan fingerprint density at radius 2 is 1.90 bits per heavy atom. The predicted molar refractivity (Wildman–Crippen MR) is 120 cm³/mol. The summed E-state index contributed by atoms with van der Waals surface area (Å²) in [6.45, 7) is 9.32. The lowest BCUT2D eigenvalue weighted by Crippen LogP contribution is -2.23. The summed E-state index contributed by atoms with van der Waals surface area (Å²) in [4.78, 5) is 29.3. The Morgan fingerprint density at radius 3 is 2.55 bits per heavy atom. The molecule has 0 fully saturated rings. The first-order valence-corrected chi connectivity index (χ1v) is 10.3. The van der Waals surface area contributed by atoms with Gasteiger partial charge >= 0.3 is 5.97 Å². The number of anilines is 1. The zero-order chi connectivity index (χ0) is 22.7. The van der Waals surface area contributed by atoms with Crippen molar-refractivity contribution in [3.8, 4) is 5.82 Å². The molecule has 31 heavy (non-hydrogen) atoms. The minimum absolute atomic E-state index is 0.0710. The molecule has 3 aromatic rings. The molecular weight excluding hydrogens is 416 g/mol. The molecule has 2 heterocycles. The van der Waals surface area contributed by atoms with Crippen LogP contribution in [-0.4, -0.2) is 33.2 Å². The molecule has 0 saturated carbocycles. The van der Waals surface area contributed by atoms with Gasteiger partial charge in [-0.2, -0.15) is 5.10 Å². The zero-order valence-corrected chi connectivity index (χ0v) is 18.9. The Labute approximate surface area is 186 Å². The van der Waals surface area contributed by atoms with Crippen molar-refractivity contribution in [2.45, 2.75) is 40.5 Å². The topological polar surface area (TPSA) is 86.1 Å². The number of rotatable bonds is 6. The minimum Gasteiger partial charge on any atom is -0.451 e. The van der Waals surface area contributed by atoms with Gasteiger partial charge in [0.1, 0.15) is 0 Å². The third kappa shape index (κ3) is 5.11. The van der Waals surface area contributed by atoms with Crippen LogP contribution in [0.25, 0.3) is 5.82 Å². The number of carbonyl (C=O) groups excluding carboxylic acids is 2. The van der Waals surface area contributed by atoms with E-state index in [2.05, 4.69) is 15.4 Å². The molecule has 1 aromatic carbocycles. The number of aromatic nitrogens is 3. The first-order valence-electron chi connectivity index (χ1n) is 9.94. The van der Waals surface area contributed by atoms with E-state index in [4.69, 9.17) is 16.3 Å². The summed E-state index contributed by atoms with van der Waals surface area (Å²) < 4.78 is 6.79. The van der Waals surface area contributed by atoms with E-state index in [-0.39, 0.29) is 16.6 Å². The molecule has 0 unspecified atom stereocenters. The molecule has 7 nitrogen and oxygen atoms in total. The second-order valence-corrected chi connectivity index (χ2v) is 8.06. The molecule has 162 valence electrons. The number of pyridine rings is 1. The van der Waals surface area contributed by atoms with Crippen molar-refractivity contribution < 1.29 is 14.3 Å². The van der Waals surface area contributed by atoms with Gasteiger partial charge in [-0.15, -0.1) is 0 Å². The van der Waals surface area contributed by atoms with Gasteiger partial charge < -0.3 is 10.1 Å². The van der Waals surface area contributed by atoms with Crippen LogP contribution in [0.15, 0.2) is 36.4 Å². The molecule has 0 atom stereocenters. The van der Waals surface area contributed by atoms with Crippen LogP contribution in [0.3, 0.4) is 0 Å². The quantitative estimate of drug-likeness (QED) is 0.558. The number of carbonyl (C=O) groups is 2. The number of aryl methyl sites for hydroxylation is 3. The lowest BCUT2D eigenvalue weighted by Gasteiger charge is -2.16. The van der Waals surface area contributed by atoms with Gasteiger partial charge in [-0.1, -0.05) is 43.6 Å². The highest BCUT2D eigenvalue weighted by atomic mass is 35.5. The van der Waals surface area contributed by atoms with Gasteiger partial charge in [0.25, 0.3) is 5.91 Å². The zero-order valence-electron chi connectivity index (χ0n) is 18.2. The van der Waals surface area contributed by atoms with Crippen molar-refractivity contribution in [3.05, 3.63) is 69.6 Å². The van der Waals surface area contributed by atoms with Crippen LogP contribution in [0, 0.1) is 20.8 Å². The van der Waals surface area contributed by atoms with Gasteiger partial charge in [-0.05, 0) is 56.0 Å². The SMILES string of the molecule is Cc1cc(C)n(-c2ccc(Cl)c(C(=O)OCC(=O)Nc3c(C)cccc3C(C)C)n2)n1. The highest BCUT2D eigenvalue weighted by molar-refractivity contribution is 6.33. The third-order valence-electron chi connectivity index (χ3n) is 4.78. The number of halogens is 1. The van der Waals surface area contributed by atoms with Gasteiger partial charge in [0.2, 0.25) is 0 Å². The van der Waals surface area contributed by atoms with Crippen LogP contribution in [0.2, 0.25) is 5.02 Å². The van der Waals surface area contributed by atoms with E-state index in [0.717, 1.165) is 28.2 Å². The van der Waals surface area contributed by atoms with Gasteiger partial charge in [0, 0.05) is 11.4 Å². The maximum absolute atomic E-state index is 12.6. The lowest BCUT2D eigenvalue weighted by molar-refractivity contribution is -0.119. The summed E-state index contributed by atoms with van der Waals surface area (Å²) in [6, 6.07) is 10.9. The van der Waals surface area contributed by atoms with Crippen LogP contribution in [0.4, 0.5) is 5.69 Å². The number of para-hydroxylation sites is 1. The van der Waals surface area contributed by atoms with Crippen molar-refractivity contribution >= 4 is 29.2 Å². The van der Waals surface area contributed by atoms with E-state index in [1.165, 1.54) is 0 Å². The van der Waals surface area contributed by atoms with E-state index < -0.39 is 18.5 Å². The fourth-order valence-electron chi connectivity index (χ4n) is 3.27. The Hall–Kier alpha value is -3.19. The summed E-state index contributed by atoms with van der Waals surface area (Å²) >= 11 is 6.15. The number of hydrogen-bond acceptors (Lipinski definition) is 5. The van der Waals surface area contributed by atoms with E-state index in [1.807, 2.05) is 58.9 Å². The summed E-state index contributed by atoms with van der Waals surface area (Å²) in [6.07, 6.45) is 0. The molecule has 1 N–H and O–H groups in total. The Bertz CT molecular complexity index is 1140. The van der Waals surface area contributed by atoms with E-state index in [1.54, 1.807) is 16.8 Å². The second kappa shape index (κ2) is 9.31. The number of nitrogens with zero attached hydrogens (tertiary/aromatic N) is 3. The average molecular weight is 441 g/mol. The molecule has 0 bridgehead atoms. The molecule has 3 rings (SSSR count). The Balaban J connectivity index is 1.72. The van der Waals surface area contributed by atoms with E-state index in [9.17, 15) is 9.59 Å². The van der Waals surface area contributed by atoms with Crippen molar-refractivity contribution in [3.63, 3.8) is 0 Å². The fourth-order valence-corrected chi connectivity index (χ4v) is 3.45. The standard InChI is InChI=1S/C23H25ClN4O3/c1-13(2)17-8-6-7-14(3)21(17)26-20(29)12-31-23(30)22-18(24)9-10-19(25-22)28-16(5)11-15(4)27-28/h6-11,13H,12H2,1-5H3,(H,26,29). The number of esters is 1. The molecule has 0 aliphatic carbocycles. The smallest absolute Gasteiger partial charge is 0.359 e. The lowest BCUT2D eigenvalue weighted by atomic mass is 9.98. The number of nitrogens with one attached hydrogen (secondary N) is 1. The summed E-state index contributed by atoms with van der Waals surface area (Å²) in [5, 5.41) is 7.34. The molecule has 8 heteroatoms. The van der Waals surface area contributed by atoms with E-state index >= 15 is 0 Å². The normalized spacial score (nSPS) is 10.9. The van der Waals surface area contributed by atoms with E-state index in [0.29, 0.717) is 5.82 Å². The molecular formula is C23H25ClN4O3. The molecule has 0 aliphatic heterocycles. The highest BCUT2D eigenvalue weighted by Crippen LogP contribution is 2.27. The molecule has 1 amide bonds. The Morgan fingerprint density at radius 1 is 1.16 bits per heavy atom. The molecule has 0 spiro atoms. The predicted octanol–water partition coefficient (Wildman–Crippen LogP) is 4.76. The highest BCUT2D eigenvalue weighted by Gasteiger charge is 2.19. The number of benzene rings is 1. The van der Waals surface area contributed by atoms with Crippen molar-refractivity contribution in [1.82, 2.24) is 14.8 Å². The van der Waals surface area contributed by atoms with Crippen LogP contribution in [0.5, 0.6) is 0 Å². The van der Waals surface area contributed by atoms with Crippen LogP contribution < -0.4 is 5.32 Å². The number of amides is 1. The largest absolute Gasteiger partial charge is 0.451 e. The van der Waals surface area contributed by atoms with Crippen LogP contribution >= 0.6 is 11.6 Å². The van der Waals surface area contributed by atoms with Gasteiger partial charge in [-0.3, -0.25) is 4.79 Å². The minimum atomic E-state index is -0.780. The average Bonchev–Trinajstić information content (AvgIpc) is 3.05. The number of hydrogen-bond donors (Lipinski definition) is 1. The first-order chi connectivity index (χ1) is 14.7. The first kappa shape index (κ1) is 22.5. The summed E-state index contributed by atoms with van der Waals surface area (Å²) in [5.74, 6) is -0.543. The maximum atomic E-state index is 12.6. The van der Waals surface area contributed by atoms with Crippen LogP contribution in [-0.2, 0) is 9.53 Å². The van der Waals surface area contributed by atoms with Gasteiger partial charge in [0.15, 0.2) is 18.1 Å². The molecule has 0 saturated heterocycles. The monoisotopic (exact) mass is 440 g/mol. The summed E-state index contributed by atoms with van der Waals surface area (Å²) in [5.41, 5.74) is 4.31. The van der Waals surface area contributed by atoms with Crippen molar-refractivity contribution in [2.24, 2.45) is 0 Å². The van der Waals surface area contributed by atoms with Crippen molar-refractivity contribution in [2.75, 3.05) is 11.9 Å². The number of ether oxygens (including phenoxy) is 1. The maximum Gasteiger partial charge on any atom is 0.359 e. The molecule has 0 aliphatic rings.